The first kappa shape index (κ1) is 23.3. The minimum absolute atomic E-state index is 0.0346. The van der Waals surface area contributed by atoms with Gasteiger partial charge >= 0.3 is 11.0 Å². The zero-order chi connectivity index (χ0) is 23.5. The van der Waals surface area contributed by atoms with Gasteiger partial charge in [0.1, 0.15) is 10.6 Å². The van der Waals surface area contributed by atoms with Gasteiger partial charge in [0.2, 0.25) is 0 Å². The number of Topliss-reactive ketones (excluding diaryl/α,β-unsaturated/α-hetero) is 1. The molecule has 3 rings (SSSR count). The standard InChI is InChI=1S/C22H19F3N2O4S/c1-13-19(20(29)26-11-14-7-3-5-9-16(14)22(23,24)25)32-21(30)27(13)12-17(28)15-8-4-6-10-18(15)31-2/h3-10H,11-12H2,1-2H3,(H,26,29). The molecule has 2 aromatic carbocycles. The Bertz CT molecular complexity index is 1210. The quantitative estimate of drug-likeness (QED) is 0.535. The lowest BCUT2D eigenvalue weighted by Gasteiger charge is -2.13. The van der Waals surface area contributed by atoms with Gasteiger partial charge in [-0.1, -0.05) is 41.7 Å². The number of thiazole rings is 1. The normalized spacial score (nSPS) is 11.3. The molecule has 168 valence electrons. The van der Waals surface area contributed by atoms with E-state index in [2.05, 4.69) is 5.32 Å². The molecule has 0 fully saturated rings. The van der Waals surface area contributed by atoms with Crippen molar-refractivity contribution in [3.8, 4) is 5.75 Å². The van der Waals surface area contributed by atoms with Crippen molar-refractivity contribution in [1.29, 1.82) is 0 Å². The van der Waals surface area contributed by atoms with Gasteiger partial charge in [-0.15, -0.1) is 0 Å². The molecule has 10 heteroatoms. The predicted molar refractivity (Wildman–Crippen MR) is 113 cm³/mol. The van der Waals surface area contributed by atoms with E-state index in [9.17, 15) is 27.6 Å². The molecule has 0 unspecified atom stereocenters. The number of carbonyl (C=O) groups is 2. The summed E-state index contributed by atoms with van der Waals surface area (Å²) < 4.78 is 45.7. The van der Waals surface area contributed by atoms with Gasteiger partial charge in [-0.3, -0.25) is 19.0 Å². The van der Waals surface area contributed by atoms with Crippen molar-refractivity contribution in [2.24, 2.45) is 0 Å². The number of amides is 1. The largest absolute Gasteiger partial charge is 0.496 e. The molecule has 0 saturated heterocycles. The van der Waals surface area contributed by atoms with E-state index in [1.807, 2.05) is 0 Å². The number of ether oxygens (including phenoxy) is 1. The number of ketones is 1. The SMILES string of the molecule is COc1ccccc1C(=O)Cn1c(C)c(C(=O)NCc2ccccc2C(F)(F)F)sc1=O. The van der Waals surface area contributed by atoms with Crippen molar-refractivity contribution in [2.75, 3.05) is 7.11 Å². The number of para-hydroxylation sites is 1. The van der Waals surface area contributed by atoms with E-state index in [-0.39, 0.29) is 35.0 Å². The average molecular weight is 464 g/mol. The molecule has 0 bridgehead atoms. The maximum Gasteiger partial charge on any atom is 0.416 e. The molecule has 0 saturated carbocycles. The van der Waals surface area contributed by atoms with Crippen LogP contribution in [0.3, 0.4) is 0 Å². The summed E-state index contributed by atoms with van der Waals surface area (Å²) in [5.74, 6) is -0.707. The van der Waals surface area contributed by atoms with Crippen LogP contribution in [0.4, 0.5) is 13.2 Å². The number of aromatic nitrogens is 1. The lowest BCUT2D eigenvalue weighted by Crippen LogP contribution is -2.25. The highest BCUT2D eigenvalue weighted by Gasteiger charge is 2.33. The van der Waals surface area contributed by atoms with Crippen molar-refractivity contribution in [3.63, 3.8) is 0 Å². The summed E-state index contributed by atoms with van der Waals surface area (Å²) in [6.07, 6.45) is -4.55. The van der Waals surface area contributed by atoms with Crippen LogP contribution >= 0.6 is 11.3 Å². The van der Waals surface area contributed by atoms with E-state index < -0.39 is 22.5 Å². The molecule has 0 radical (unpaired) electrons. The Morgan fingerprint density at radius 3 is 2.44 bits per heavy atom. The summed E-state index contributed by atoms with van der Waals surface area (Å²) in [4.78, 5) is 37.2. The second-order valence-corrected chi connectivity index (χ2v) is 7.79. The fraction of sp³-hybridized carbons (Fsp3) is 0.227. The lowest BCUT2D eigenvalue weighted by molar-refractivity contribution is -0.138. The molecule has 0 atom stereocenters. The molecular formula is C22H19F3N2O4S. The molecular weight excluding hydrogens is 445 g/mol. The average Bonchev–Trinajstić information content (AvgIpc) is 3.05. The Kier molecular flexibility index (Phi) is 6.83. The van der Waals surface area contributed by atoms with Crippen LogP contribution in [-0.4, -0.2) is 23.4 Å². The molecule has 0 spiro atoms. The van der Waals surface area contributed by atoms with Gasteiger partial charge in [0.05, 0.1) is 24.8 Å². The number of hydrogen-bond acceptors (Lipinski definition) is 5. The van der Waals surface area contributed by atoms with Gasteiger partial charge in [0.15, 0.2) is 5.78 Å². The predicted octanol–water partition coefficient (Wildman–Crippen LogP) is 4.06. The number of benzene rings is 2. The molecule has 6 nitrogen and oxygen atoms in total. The smallest absolute Gasteiger partial charge is 0.416 e. The van der Waals surface area contributed by atoms with Crippen LogP contribution in [-0.2, 0) is 19.3 Å². The van der Waals surface area contributed by atoms with Gasteiger partial charge in [-0.2, -0.15) is 13.2 Å². The number of rotatable bonds is 7. The molecule has 3 aromatic rings. The van der Waals surface area contributed by atoms with Crippen LogP contribution < -0.4 is 14.9 Å². The topological polar surface area (TPSA) is 77.4 Å². The van der Waals surface area contributed by atoms with E-state index in [0.29, 0.717) is 22.6 Å². The summed E-state index contributed by atoms with van der Waals surface area (Å²) in [6.45, 7) is 0.845. The summed E-state index contributed by atoms with van der Waals surface area (Å²) in [5, 5.41) is 2.43. The zero-order valence-corrected chi connectivity index (χ0v) is 18.0. The molecule has 0 aliphatic rings. The number of hydrogen-bond donors (Lipinski definition) is 1. The summed E-state index contributed by atoms with van der Waals surface area (Å²) in [5.41, 5.74) is -0.388. The summed E-state index contributed by atoms with van der Waals surface area (Å²) in [6, 6.07) is 11.5. The van der Waals surface area contributed by atoms with Crippen molar-refractivity contribution < 1.29 is 27.5 Å². The Hall–Kier alpha value is -3.40. The van der Waals surface area contributed by atoms with Crippen LogP contribution in [0.2, 0.25) is 0 Å². The van der Waals surface area contributed by atoms with Crippen molar-refractivity contribution in [2.45, 2.75) is 26.2 Å². The third-order valence-corrected chi connectivity index (χ3v) is 5.90. The third kappa shape index (κ3) is 4.91. The van der Waals surface area contributed by atoms with Crippen LogP contribution in [0.15, 0.2) is 53.3 Å². The number of nitrogens with one attached hydrogen (secondary N) is 1. The molecule has 0 aliphatic heterocycles. The van der Waals surface area contributed by atoms with Crippen LogP contribution in [0.5, 0.6) is 5.75 Å². The van der Waals surface area contributed by atoms with Crippen LogP contribution in [0.25, 0.3) is 0 Å². The first-order valence-electron chi connectivity index (χ1n) is 9.43. The number of nitrogens with zero attached hydrogens (tertiary/aromatic N) is 1. The molecule has 32 heavy (non-hydrogen) atoms. The van der Waals surface area contributed by atoms with E-state index in [0.717, 1.165) is 10.6 Å². The van der Waals surface area contributed by atoms with Gasteiger partial charge in [-0.05, 0) is 30.7 Å². The second-order valence-electron chi connectivity index (χ2n) is 6.83. The number of methoxy groups -OCH3 is 1. The summed E-state index contributed by atoms with van der Waals surface area (Å²) in [7, 11) is 1.42. The van der Waals surface area contributed by atoms with Gasteiger partial charge in [0, 0.05) is 12.2 Å². The zero-order valence-electron chi connectivity index (χ0n) is 17.2. The minimum atomic E-state index is -4.55. The van der Waals surface area contributed by atoms with E-state index in [1.165, 1.54) is 32.2 Å². The maximum absolute atomic E-state index is 13.1. The molecule has 1 amide bonds. The fourth-order valence-corrected chi connectivity index (χ4v) is 4.09. The number of carbonyl (C=O) groups excluding carboxylic acids is 2. The first-order valence-corrected chi connectivity index (χ1v) is 10.2. The molecule has 1 heterocycles. The fourth-order valence-electron chi connectivity index (χ4n) is 3.18. The molecule has 0 aliphatic carbocycles. The third-order valence-electron chi connectivity index (χ3n) is 4.82. The highest BCUT2D eigenvalue weighted by Crippen LogP contribution is 2.31. The van der Waals surface area contributed by atoms with Crippen molar-refractivity contribution in [1.82, 2.24) is 9.88 Å². The van der Waals surface area contributed by atoms with Crippen molar-refractivity contribution in [3.05, 3.63) is 85.5 Å². The van der Waals surface area contributed by atoms with Gasteiger partial charge < -0.3 is 10.1 Å². The maximum atomic E-state index is 13.1. The minimum Gasteiger partial charge on any atom is -0.496 e. The highest BCUT2D eigenvalue weighted by molar-refractivity contribution is 7.11. The highest BCUT2D eigenvalue weighted by atomic mass is 32.1. The van der Waals surface area contributed by atoms with E-state index >= 15 is 0 Å². The first-order chi connectivity index (χ1) is 15.1. The Balaban J connectivity index is 1.78. The Labute approximate surface area is 185 Å². The Morgan fingerprint density at radius 2 is 1.75 bits per heavy atom. The van der Waals surface area contributed by atoms with Crippen LogP contribution in [0.1, 0.15) is 36.9 Å². The van der Waals surface area contributed by atoms with Gasteiger partial charge in [0.25, 0.3) is 5.91 Å². The van der Waals surface area contributed by atoms with E-state index in [1.54, 1.807) is 24.3 Å². The monoisotopic (exact) mass is 464 g/mol. The van der Waals surface area contributed by atoms with Gasteiger partial charge in [-0.25, -0.2) is 0 Å². The number of alkyl halides is 3. The molecule has 1 aromatic heterocycles. The van der Waals surface area contributed by atoms with Crippen molar-refractivity contribution >= 4 is 23.0 Å². The number of halogens is 3. The summed E-state index contributed by atoms with van der Waals surface area (Å²) >= 11 is 0.631. The lowest BCUT2D eigenvalue weighted by atomic mass is 10.1. The molecule has 1 N–H and O–H groups in total. The van der Waals surface area contributed by atoms with Crippen LogP contribution in [0, 0.1) is 6.92 Å². The van der Waals surface area contributed by atoms with E-state index in [4.69, 9.17) is 4.74 Å². The Morgan fingerprint density at radius 1 is 1.09 bits per heavy atom. The second kappa shape index (κ2) is 9.39.